The molecule has 5 N–H and O–H groups in total. The van der Waals surface area contributed by atoms with E-state index >= 15 is 0 Å². The summed E-state index contributed by atoms with van der Waals surface area (Å²) < 4.78 is 63.6. The molecule has 1 aliphatic heterocycles. The van der Waals surface area contributed by atoms with Crippen molar-refractivity contribution in [2.45, 2.75) is 47.5 Å². The van der Waals surface area contributed by atoms with Gasteiger partial charge in [-0.1, -0.05) is 36.0 Å². The predicted octanol–water partition coefficient (Wildman–Crippen LogP) is 12.6. The van der Waals surface area contributed by atoms with Crippen LogP contribution in [0.25, 0.3) is 71.2 Å². The normalized spacial score (nSPS) is 13.3. The number of rotatable bonds is 40. The summed E-state index contributed by atoms with van der Waals surface area (Å²) in [6, 6.07) is 30.2. The van der Waals surface area contributed by atoms with Crippen LogP contribution in [0.4, 0.5) is 5.69 Å². The Morgan fingerprint density at radius 2 is 1.06 bits per heavy atom. The van der Waals surface area contributed by atoms with E-state index in [1.54, 1.807) is 42.2 Å². The maximum Gasteiger partial charge on any atom is 0.344 e. The number of pyridine rings is 2. The van der Waals surface area contributed by atoms with Gasteiger partial charge in [-0.05, 0) is 152 Å². The first-order chi connectivity index (χ1) is 49.8. The highest BCUT2D eigenvalue weighted by Gasteiger charge is 2.33. The highest BCUT2D eigenvalue weighted by Crippen LogP contribution is 2.42. The molecule has 0 unspecified atom stereocenters. The minimum absolute atomic E-state index is 0.00263. The van der Waals surface area contributed by atoms with Gasteiger partial charge >= 0.3 is 5.97 Å². The number of benzene rings is 6. The standard InChI is InChI=1S/C78H87N7O16S/c1-6-98-78(90)73-76(89)68(102-77(73)82-55-10-8-7-9-11-55)45-54-12-17-67(66(86)44-54)101-43-40-97-37-36-94-33-30-91-27-24-81-69(87)18-19-70(88)85(25-28-92-31-34-95-38-41-99-56-13-15-64-60(46-56)71-50(2)62-48-79-22-20-58(62)52(4)74(71)83-64)26-29-93-32-35-96-39-42-100-57-14-16-65-61(47-57)72-51(3)63-49-80-23-21-59(63)53(5)75(72)84-65/h7-17,20-23,44-49,83-84,86,89H,6,18-19,24-43H2,1-5H3,(H,81,87)/b68-45-,82-77?. The Hall–Kier alpha value is -9.63. The van der Waals surface area contributed by atoms with Gasteiger partial charge in [0.25, 0.3) is 0 Å². The lowest BCUT2D eigenvalue weighted by Gasteiger charge is -2.23. The fourth-order valence-electron chi connectivity index (χ4n) is 12.2. The number of aromatic hydroxyl groups is 1. The van der Waals surface area contributed by atoms with Crippen LogP contribution >= 0.6 is 11.8 Å². The molecular formula is C78H87N7O16S. The molecular weight excluding hydrogens is 1320 g/mol. The molecule has 0 aliphatic carbocycles. The fraction of sp³-hybridized carbons (Fsp3) is 0.359. The molecule has 23 nitrogen and oxygen atoms in total. The number of carbonyl (C=O) groups excluding carboxylic acids is 3. The van der Waals surface area contributed by atoms with Crippen molar-refractivity contribution < 1.29 is 76.7 Å². The van der Waals surface area contributed by atoms with Crippen LogP contribution in [0.15, 0.2) is 143 Å². The number of phenolic OH excluding ortho intramolecular Hbond substituents is 1. The van der Waals surface area contributed by atoms with E-state index in [-0.39, 0.29) is 93.7 Å². The van der Waals surface area contributed by atoms with E-state index in [9.17, 15) is 24.6 Å². The van der Waals surface area contributed by atoms with Gasteiger partial charge in [0.15, 0.2) is 11.5 Å². The van der Waals surface area contributed by atoms with Gasteiger partial charge in [0, 0.05) is 101 Å². The summed E-state index contributed by atoms with van der Waals surface area (Å²) in [4.78, 5) is 61.8. The number of phenols is 1. The molecule has 536 valence electrons. The zero-order valence-electron chi connectivity index (χ0n) is 58.2. The van der Waals surface area contributed by atoms with Gasteiger partial charge in [-0.15, -0.1) is 0 Å². The third kappa shape index (κ3) is 18.9. The summed E-state index contributed by atoms with van der Waals surface area (Å²) >= 11 is 1.12. The monoisotopic (exact) mass is 1410 g/mol. The van der Waals surface area contributed by atoms with Gasteiger partial charge in [-0.25, -0.2) is 9.79 Å². The minimum Gasteiger partial charge on any atom is -0.506 e. The number of aliphatic hydroxyl groups excluding tert-OH is 1. The van der Waals surface area contributed by atoms with Crippen LogP contribution in [0.2, 0.25) is 0 Å². The van der Waals surface area contributed by atoms with Crippen molar-refractivity contribution in [3.63, 3.8) is 0 Å². The van der Waals surface area contributed by atoms with E-state index in [0.717, 1.165) is 66.9 Å². The summed E-state index contributed by atoms with van der Waals surface area (Å²) in [6.07, 6.45) is 9.14. The number of aromatic nitrogens is 4. The number of H-pyrrole nitrogens is 2. The molecule has 0 spiro atoms. The number of para-hydroxylation sites is 1. The number of amides is 2. The lowest BCUT2D eigenvalue weighted by Crippen LogP contribution is -2.38. The van der Waals surface area contributed by atoms with E-state index in [1.165, 1.54) is 49.9 Å². The van der Waals surface area contributed by atoms with Crippen LogP contribution in [0.3, 0.4) is 0 Å². The Morgan fingerprint density at radius 3 is 1.59 bits per heavy atom. The Morgan fingerprint density at radius 1 is 0.549 bits per heavy atom. The smallest absolute Gasteiger partial charge is 0.344 e. The zero-order valence-corrected chi connectivity index (χ0v) is 59.0. The van der Waals surface area contributed by atoms with E-state index in [1.807, 2.05) is 67.3 Å². The summed E-state index contributed by atoms with van der Waals surface area (Å²) in [5.74, 6) is 0.214. The van der Waals surface area contributed by atoms with E-state index < -0.39 is 5.97 Å². The number of esters is 1. The largest absolute Gasteiger partial charge is 0.506 e. The number of ether oxygens (including phenoxy) is 11. The number of thioether (sulfide) groups is 1. The zero-order chi connectivity index (χ0) is 71.2. The molecule has 0 atom stereocenters. The van der Waals surface area contributed by atoms with Crippen molar-refractivity contribution in [2.24, 2.45) is 4.99 Å². The first-order valence-electron chi connectivity index (χ1n) is 34.4. The average molecular weight is 1410 g/mol. The lowest BCUT2D eigenvalue weighted by atomic mass is 9.97. The second-order valence-electron chi connectivity index (χ2n) is 24.1. The number of nitrogens with zero attached hydrogens (tertiary/aromatic N) is 4. The Balaban J connectivity index is 0.553. The van der Waals surface area contributed by atoms with Crippen molar-refractivity contribution in [2.75, 3.05) is 139 Å². The molecule has 5 heterocycles. The Labute approximate surface area is 595 Å². The number of carbonyl (C=O) groups is 3. The fourth-order valence-corrected chi connectivity index (χ4v) is 13.3. The van der Waals surface area contributed by atoms with Crippen molar-refractivity contribution in [1.82, 2.24) is 30.2 Å². The molecule has 0 fully saturated rings. The number of aromatic amines is 2. The third-order valence-corrected chi connectivity index (χ3v) is 18.4. The average Bonchev–Trinajstić information content (AvgIpc) is 1.56. The molecule has 4 aromatic heterocycles. The van der Waals surface area contributed by atoms with Gasteiger partial charge in [0.1, 0.15) is 47.7 Å². The molecule has 102 heavy (non-hydrogen) atoms. The van der Waals surface area contributed by atoms with Crippen molar-refractivity contribution in [1.29, 1.82) is 0 Å². The Bertz CT molecular complexity index is 4470. The molecule has 0 saturated carbocycles. The number of aryl methyl sites for hydroxylation is 4. The quantitative estimate of drug-likeness (QED) is 0.0176. The van der Waals surface area contributed by atoms with E-state index in [4.69, 9.17) is 52.1 Å². The van der Waals surface area contributed by atoms with Crippen LogP contribution < -0.4 is 19.5 Å². The second-order valence-corrected chi connectivity index (χ2v) is 25.1. The van der Waals surface area contributed by atoms with E-state index in [2.05, 4.69) is 82.2 Å². The molecule has 1 aliphatic rings. The van der Waals surface area contributed by atoms with Crippen LogP contribution in [-0.2, 0) is 52.3 Å². The first kappa shape index (κ1) is 73.6. The molecule has 10 aromatic rings. The number of fused-ring (bicyclic) bond motifs is 8. The van der Waals surface area contributed by atoms with Gasteiger partial charge < -0.3 is 82.5 Å². The van der Waals surface area contributed by atoms with Gasteiger partial charge in [0.2, 0.25) is 11.8 Å². The van der Waals surface area contributed by atoms with Crippen molar-refractivity contribution >= 4 is 112 Å². The minimum atomic E-state index is -0.682. The van der Waals surface area contributed by atoms with E-state index in [0.29, 0.717) is 114 Å². The maximum absolute atomic E-state index is 13.6. The van der Waals surface area contributed by atoms with Crippen molar-refractivity contribution in [3.05, 3.63) is 166 Å². The van der Waals surface area contributed by atoms with Crippen LogP contribution in [-0.4, -0.2) is 196 Å². The maximum atomic E-state index is 13.6. The van der Waals surface area contributed by atoms with Crippen LogP contribution in [0, 0.1) is 27.7 Å². The van der Waals surface area contributed by atoms with Crippen LogP contribution in [0.1, 0.15) is 47.6 Å². The highest BCUT2D eigenvalue weighted by atomic mass is 32.2. The molecule has 11 rings (SSSR count). The predicted molar refractivity (Wildman–Crippen MR) is 396 cm³/mol. The van der Waals surface area contributed by atoms with Gasteiger partial charge in [0.05, 0.1) is 121 Å². The molecule has 0 saturated heterocycles. The first-order valence-corrected chi connectivity index (χ1v) is 35.2. The number of nitrogens with one attached hydrogen (secondary N) is 3. The lowest BCUT2D eigenvalue weighted by molar-refractivity contribution is -0.138. The summed E-state index contributed by atoms with van der Waals surface area (Å²) in [5, 5.41) is 34.1. The second kappa shape index (κ2) is 36.8. The topological polar surface area (TPSA) is 278 Å². The van der Waals surface area contributed by atoms with Crippen molar-refractivity contribution in [3.8, 4) is 23.0 Å². The summed E-state index contributed by atoms with van der Waals surface area (Å²) in [5.41, 5.74) is 10.2. The molecule has 0 bridgehead atoms. The molecule has 2 amide bonds. The Kier molecular flexibility index (Phi) is 26.6. The highest BCUT2D eigenvalue weighted by molar-refractivity contribution is 8.18. The SMILES string of the molecule is CCOC(=O)C1=C(O)/C(=C/c2ccc(OCCOCCOCCOCCNC(=O)CCC(=O)N(CCOCCOCCOc3ccc4[nH]c5c(C)c6ccncc6c(C)c5c4c3)CCOCCOCCOc3ccc4[nH]c5c(C)c6ccncc6c(C)c5c4c3)c(O)c2)SC1=Nc1ccccc1. The molecule has 24 heteroatoms. The third-order valence-electron chi connectivity index (χ3n) is 17.4. The molecule has 6 aromatic carbocycles. The van der Waals surface area contributed by atoms with Gasteiger partial charge in [-0.3, -0.25) is 19.6 Å². The summed E-state index contributed by atoms with van der Waals surface area (Å²) in [6.45, 7) is 16.3. The number of aliphatic imine (C=N–C) groups is 1. The number of hydrogen-bond acceptors (Lipinski definition) is 20. The number of aliphatic hydroxyl groups is 1. The number of hydrogen-bond donors (Lipinski definition) is 5. The molecule has 0 radical (unpaired) electrons. The summed E-state index contributed by atoms with van der Waals surface area (Å²) in [7, 11) is 0. The van der Waals surface area contributed by atoms with Crippen LogP contribution in [0.5, 0.6) is 23.0 Å². The van der Waals surface area contributed by atoms with Gasteiger partial charge in [-0.2, -0.15) is 0 Å².